The smallest absolute Gasteiger partial charge is 0.179 e. The highest BCUT2D eigenvalue weighted by molar-refractivity contribution is 6.32. The minimum Gasteiger partial charge on any atom is -0.493 e. The van der Waals surface area contributed by atoms with E-state index in [1.807, 2.05) is 6.07 Å². The largest absolute Gasteiger partial charge is 0.493 e. The van der Waals surface area contributed by atoms with Gasteiger partial charge >= 0.3 is 0 Å². The van der Waals surface area contributed by atoms with Gasteiger partial charge in [-0.2, -0.15) is 0 Å². The zero-order valence-corrected chi connectivity index (χ0v) is 13.3. The summed E-state index contributed by atoms with van der Waals surface area (Å²) < 4.78 is 11.0. The van der Waals surface area contributed by atoms with Crippen LogP contribution in [0.5, 0.6) is 11.5 Å². The minimum atomic E-state index is 0.0501. The molecular weight excluding hydrogens is 274 g/mol. The van der Waals surface area contributed by atoms with Crippen LogP contribution in [0.4, 0.5) is 0 Å². The molecule has 0 spiro atoms. The molecule has 4 heteroatoms. The molecule has 1 fully saturated rings. The fourth-order valence-electron chi connectivity index (χ4n) is 3.51. The van der Waals surface area contributed by atoms with E-state index in [0.717, 1.165) is 25.0 Å². The summed E-state index contributed by atoms with van der Waals surface area (Å²) in [5.41, 5.74) is 8.61. The molecule has 1 aliphatic rings. The third-order valence-electron chi connectivity index (χ3n) is 4.58. The lowest BCUT2D eigenvalue weighted by Gasteiger charge is -2.32. The minimum absolute atomic E-state index is 0.0501. The maximum absolute atomic E-state index is 6.39. The molecule has 1 aromatic rings. The average molecular weight is 298 g/mol. The second kappa shape index (κ2) is 6.23. The predicted molar refractivity (Wildman–Crippen MR) is 83.1 cm³/mol. The summed E-state index contributed by atoms with van der Waals surface area (Å²) in [6.45, 7) is 2.79. The Hall–Kier alpha value is -0.930. The van der Waals surface area contributed by atoms with Crippen LogP contribution in [-0.2, 0) is 11.8 Å². The van der Waals surface area contributed by atoms with Gasteiger partial charge in [0.15, 0.2) is 11.5 Å². The first-order chi connectivity index (χ1) is 9.63. The van der Waals surface area contributed by atoms with Crippen molar-refractivity contribution in [3.05, 3.63) is 22.2 Å². The normalized spacial score (nSPS) is 17.2. The van der Waals surface area contributed by atoms with Gasteiger partial charge in [0.1, 0.15) is 0 Å². The quantitative estimate of drug-likeness (QED) is 0.901. The van der Waals surface area contributed by atoms with E-state index < -0.39 is 0 Å². The number of hydrogen-bond donors (Lipinski definition) is 1. The highest BCUT2D eigenvalue weighted by Crippen LogP contribution is 2.48. The Morgan fingerprint density at radius 3 is 2.25 bits per heavy atom. The van der Waals surface area contributed by atoms with Crippen LogP contribution in [-0.4, -0.2) is 20.8 Å². The van der Waals surface area contributed by atoms with Gasteiger partial charge in [0, 0.05) is 17.5 Å². The molecule has 3 nitrogen and oxygen atoms in total. The molecule has 0 unspecified atom stereocenters. The summed E-state index contributed by atoms with van der Waals surface area (Å²) in [7, 11) is 3.29. The average Bonchev–Trinajstić information content (AvgIpc) is 2.95. The molecular formula is C16H24ClNO2. The Kier molecular flexibility index (Phi) is 4.82. The van der Waals surface area contributed by atoms with Gasteiger partial charge in [-0.1, -0.05) is 31.4 Å². The van der Waals surface area contributed by atoms with Crippen LogP contribution in [0.1, 0.15) is 43.7 Å². The van der Waals surface area contributed by atoms with Crippen molar-refractivity contribution >= 4 is 11.6 Å². The lowest BCUT2D eigenvalue weighted by Crippen LogP contribution is -2.33. The van der Waals surface area contributed by atoms with Crippen LogP contribution < -0.4 is 15.2 Å². The summed E-state index contributed by atoms with van der Waals surface area (Å²) in [6.07, 6.45) is 5.59. The second-order valence-corrected chi connectivity index (χ2v) is 5.90. The van der Waals surface area contributed by atoms with Gasteiger partial charge in [0.25, 0.3) is 0 Å². The van der Waals surface area contributed by atoms with E-state index in [-0.39, 0.29) is 5.41 Å². The van der Waals surface area contributed by atoms with E-state index in [1.54, 1.807) is 14.2 Å². The van der Waals surface area contributed by atoms with E-state index >= 15 is 0 Å². The Labute approximate surface area is 126 Å². The van der Waals surface area contributed by atoms with Crippen LogP contribution in [0.15, 0.2) is 6.07 Å². The number of benzene rings is 1. The molecule has 1 aromatic carbocycles. The summed E-state index contributed by atoms with van der Waals surface area (Å²) in [4.78, 5) is 0. The van der Waals surface area contributed by atoms with E-state index in [2.05, 4.69) is 6.92 Å². The topological polar surface area (TPSA) is 44.5 Å². The molecule has 0 saturated heterocycles. The summed E-state index contributed by atoms with van der Waals surface area (Å²) in [6, 6.07) is 2.04. The lowest BCUT2D eigenvalue weighted by molar-refractivity contribution is 0.348. The molecule has 0 aromatic heterocycles. The highest BCUT2D eigenvalue weighted by Gasteiger charge is 2.37. The molecule has 20 heavy (non-hydrogen) atoms. The third-order valence-corrected chi connectivity index (χ3v) is 4.86. The maximum Gasteiger partial charge on any atom is 0.179 e. The molecule has 0 aliphatic heterocycles. The van der Waals surface area contributed by atoms with Crippen LogP contribution in [0.3, 0.4) is 0 Å². The molecule has 1 saturated carbocycles. The number of ether oxygens (including phenoxy) is 2. The number of rotatable bonds is 5. The summed E-state index contributed by atoms with van der Waals surface area (Å²) in [5, 5.41) is 0.608. The van der Waals surface area contributed by atoms with Crippen molar-refractivity contribution < 1.29 is 9.47 Å². The second-order valence-electron chi connectivity index (χ2n) is 5.50. The molecule has 0 radical (unpaired) electrons. The zero-order chi connectivity index (χ0) is 14.8. The Morgan fingerprint density at radius 1 is 1.20 bits per heavy atom. The standard InChI is InChI=1S/C16H24ClNO2/c1-4-11-12(16(10-18)7-5-6-8-16)9-13(17)15(20-3)14(11)19-2/h9H,4-8,10,18H2,1-3H3. The van der Waals surface area contributed by atoms with Gasteiger partial charge in [0.2, 0.25) is 0 Å². The van der Waals surface area contributed by atoms with E-state index in [9.17, 15) is 0 Å². The van der Waals surface area contributed by atoms with Crippen molar-refractivity contribution in [1.29, 1.82) is 0 Å². The molecule has 1 aliphatic carbocycles. The molecule has 2 N–H and O–H groups in total. The van der Waals surface area contributed by atoms with Gasteiger partial charge in [0.05, 0.1) is 19.2 Å². The van der Waals surface area contributed by atoms with Crippen molar-refractivity contribution in [2.45, 2.75) is 44.4 Å². The van der Waals surface area contributed by atoms with Gasteiger partial charge < -0.3 is 15.2 Å². The van der Waals surface area contributed by atoms with E-state index in [4.69, 9.17) is 26.8 Å². The van der Waals surface area contributed by atoms with Gasteiger partial charge in [-0.3, -0.25) is 0 Å². The van der Waals surface area contributed by atoms with Gasteiger partial charge in [-0.25, -0.2) is 0 Å². The van der Waals surface area contributed by atoms with Crippen molar-refractivity contribution in [2.24, 2.45) is 5.73 Å². The van der Waals surface area contributed by atoms with Crippen LogP contribution in [0.25, 0.3) is 0 Å². The van der Waals surface area contributed by atoms with Gasteiger partial charge in [-0.15, -0.1) is 0 Å². The monoisotopic (exact) mass is 297 g/mol. The number of methoxy groups -OCH3 is 2. The van der Waals surface area contributed by atoms with E-state index in [1.165, 1.54) is 24.0 Å². The van der Waals surface area contributed by atoms with Gasteiger partial charge in [-0.05, 0) is 30.9 Å². The molecule has 0 heterocycles. The summed E-state index contributed by atoms with van der Waals surface area (Å²) >= 11 is 6.39. The van der Waals surface area contributed by atoms with Crippen molar-refractivity contribution in [3.8, 4) is 11.5 Å². The molecule has 0 amide bonds. The molecule has 0 atom stereocenters. The van der Waals surface area contributed by atoms with Crippen LogP contribution >= 0.6 is 11.6 Å². The lowest BCUT2D eigenvalue weighted by atomic mass is 9.76. The fourth-order valence-corrected chi connectivity index (χ4v) is 3.78. The van der Waals surface area contributed by atoms with E-state index in [0.29, 0.717) is 17.3 Å². The Bertz CT molecular complexity index is 482. The first kappa shape index (κ1) is 15.5. The third kappa shape index (κ3) is 2.38. The Morgan fingerprint density at radius 2 is 1.80 bits per heavy atom. The number of hydrogen-bond acceptors (Lipinski definition) is 3. The van der Waals surface area contributed by atoms with Crippen molar-refractivity contribution in [2.75, 3.05) is 20.8 Å². The zero-order valence-electron chi connectivity index (χ0n) is 12.6. The first-order valence-corrected chi connectivity index (χ1v) is 7.65. The first-order valence-electron chi connectivity index (χ1n) is 7.27. The Balaban J connectivity index is 2.66. The highest BCUT2D eigenvalue weighted by atomic mass is 35.5. The predicted octanol–water partition coefficient (Wildman–Crippen LogP) is 3.69. The fraction of sp³-hybridized carbons (Fsp3) is 0.625. The van der Waals surface area contributed by atoms with Crippen LogP contribution in [0.2, 0.25) is 5.02 Å². The number of halogens is 1. The van der Waals surface area contributed by atoms with Crippen LogP contribution in [0, 0.1) is 0 Å². The summed E-state index contributed by atoms with van der Waals surface area (Å²) in [5.74, 6) is 1.39. The van der Waals surface area contributed by atoms with Crippen molar-refractivity contribution in [1.82, 2.24) is 0 Å². The molecule has 112 valence electrons. The SMILES string of the molecule is CCc1c(C2(CN)CCCC2)cc(Cl)c(OC)c1OC. The van der Waals surface area contributed by atoms with Crippen molar-refractivity contribution in [3.63, 3.8) is 0 Å². The maximum atomic E-state index is 6.39. The number of nitrogens with two attached hydrogens (primary N) is 1. The molecule has 0 bridgehead atoms. The molecule has 2 rings (SSSR count).